The van der Waals surface area contributed by atoms with Gasteiger partial charge in [0.05, 0.1) is 17.1 Å². The summed E-state index contributed by atoms with van der Waals surface area (Å²) in [6.45, 7) is 3.44. The molecule has 2 rings (SSSR count). The molecular formula is C8H11BrN6O2S. The van der Waals surface area contributed by atoms with Crippen molar-refractivity contribution in [3.63, 3.8) is 0 Å². The van der Waals surface area contributed by atoms with Crippen molar-refractivity contribution in [3.8, 4) is 0 Å². The SMILES string of the molecule is Cc1n[nH]c(C)c1NS(=O)(=O)c1c(Br)nnn1C. The fourth-order valence-corrected chi connectivity index (χ4v) is 3.77. The minimum Gasteiger partial charge on any atom is -0.280 e. The van der Waals surface area contributed by atoms with E-state index in [0.717, 1.165) is 0 Å². The van der Waals surface area contributed by atoms with Gasteiger partial charge >= 0.3 is 0 Å². The van der Waals surface area contributed by atoms with E-state index in [1.807, 2.05) is 0 Å². The fraction of sp³-hybridized carbons (Fsp3) is 0.375. The van der Waals surface area contributed by atoms with E-state index in [-0.39, 0.29) is 9.63 Å². The highest BCUT2D eigenvalue weighted by Crippen LogP contribution is 2.24. The van der Waals surface area contributed by atoms with Crippen molar-refractivity contribution in [2.24, 2.45) is 7.05 Å². The monoisotopic (exact) mass is 334 g/mol. The number of nitrogens with one attached hydrogen (secondary N) is 2. The molecule has 0 aromatic carbocycles. The van der Waals surface area contributed by atoms with Crippen LogP contribution in [0, 0.1) is 13.8 Å². The Bertz CT molecular complexity index is 650. The number of halogens is 1. The summed E-state index contributed by atoms with van der Waals surface area (Å²) in [5.74, 6) is 0. The topological polar surface area (TPSA) is 106 Å². The second-order valence-corrected chi connectivity index (χ2v) is 6.07. The van der Waals surface area contributed by atoms with E-state index in [1.165, 1.54) is 11.7 Å². The van der Waals surface area contributed by atoms with E-state index in [4.69, 9.17) is 0 Å². The van der Waals surface area contributed by atoms with Gasteiger partial charge in [0.1, 0.15) is 0 Å². The summed E-state index contributed by atoms with van der Waals surface area (Å²) in [5.41, 5.74) is 1.65. The summed E-state index contributed by atoms with van der Waals surface area (Å²) >= 11 is 3.06. The molecule has 0 aliphatic rings. The Balaban J connectivity index is 2.46. The predicted octanol–water partition coefficient (Wildman–Crippen LogP) is 0.718. The molecule has 2 aromatic rings. The van der Waals surface area contributed by atoms with E-state index in [0.29, 0.717) is 17.1 Å². The van der Waals surface area contributed by atoms with Gasteiger partial charge in [0.25, 0.3) is 10.0 Å². The van der Waals surface area contributed by atoms with Gasteiger partial charge < -0.3 is 0 Å². The van der Waals surface area contributed by atoms with Crippen molar-refractivity contribution in [1.29, 1.82) is 0 Å². The maximum Gasteiger partial charge on any atom is 0.282 e. The second kappa shape index (κ2) is 4.35. The van der Waals surface area contributed by atoms with E-state index < -0.39 is 10.0 Å². The molecule has 0 aliphatic carbocycles. The molecule has 0 atom stereocenters. The Labute approximate surface area is 112 Å². The van der Waals surface area contributed by atoms with Crippen LogP contribution in [0.4, 0.5) is 5.69 Å². The van der Waals surface area contributed by atoms with Gasteiger partial charge in [-0.05, 0) is 29.8 Å². The maximum absolute atomic E-state index is 12.2. The number of aryl methyl sites for hydroxylation is 3. The second-order valence-electron chi connectivity index (χ2n) is 3.72. The van der Waals surface area contributed by atoms with E-state index >= 15 is 0 Å². The number of sulfonamides is 1. The van der Waals surface area contributed by atoms with E-state index in [2.05, 4.69) is 41.2 Å². The third-order valence-corrected chi connectivity index (χ3v) is 4.59. The minimum atomic E-state index is -3.77. The Morgan fingerprint density at radius 2 is 2.06 bits per heavy atom. The third-order valence-electron chi connectivity index (χ3n) is 2.36. The van der Waals surface area contributed by atoms with Gasteiger partial charge in [0.2, 0.25) is 5.03 Å². The van der Waals surface area contributed by atoms with Crippen molar-refractivity contribution in [2.75, 3.05) is 4.72 Å². The lowest BCUT2D eigenvalue weighted by atomic mass is 10.3. The van der Waals surface area contributed by atoms with Gasteiger partial charge in [-0.3, -0.25) is 9.82 Å². The van der Waals surface area contributed by atoms with Crippen LogP contribution in [-0.2, 0) is 17.1 Å². The zero-order chi connectivity index (χ0) is 13.5. The molecule has 98 valence electrons. The van der Waals surface area contributed by atoms with Crippen LogP contribution >= 0.6 is 15.9 Å². The number of hydrogen-bond donors (Lipinski definition) is 2. The number of rotatable bonds is 3. The Kier molecular flexibility index (Phi) is 3.15. The van der Waals surface area contributed by atoms with Crippen molar-refractivity contribution < 1.29 is 8.42 Å². The quantitative estimate of drug-likeness (QED) is 0.860. The lowest BCUT2D eigenvalue weighted by molar-refractivity contribution is 0.578. The largest absolute Gasteiger partial charge is 0.282 e. The minimum absolute atomic E-state index is 0.0394. The molecule has 0 aliphatic heterocycles. The summed E-state index contributed by atoms with van der Waals surface area (Å²) in [6, 6.07) is 0. The summed E-state index contributed by atoms with van der Waals surface area (Å²) in [5, 5.41) is 13.9. The van der Waals surface area contributed by atoms with Crippen LogP contribution in [0.2, 0.25) is 0 Å². The molecule has 0 fully saturated rings. The predicted molar refractivity (Wildman–Crippen MR) is 67.6 cm³/mol. The first kappa shape index (κ1) is 13.0. The van der Waals surface area contributed by atoms with Gasteiger partial charge in [-0.15, -0.1) is 5.10 Å². The first-order chi connectivity index (χ1) is 8.33. The molecular weight excluding hydrogens is 324 g/mol. The highest BCUT2D eigenvalue weighted by atomic mass is 79.9. The Morgan fingerprint density at radius 1 is 1.39 bits per heavy atom. The molecule has 0 unspecified atom stereocenters. The molecule has 18 heavy (non-hydrogen) atoms. The lowest BCUT2D eigenvalue weighted by Crippen LogP contribution is -2.18. The summed E-state index contributed by atoms with van der Waals surface area (Å²) in [4.78, 5) is 0. The summed E-state index contributed by atoms with van der Waals surface area (Å²) in [6.07, 6.45) is 0. The van der Waals surface area contributed by atoms with Crippen molar-refractivity contribution in [1.82, 2.24) is 25.2 Å². The fourth-order valence-electron chi connectivity index (χ4n) is 1.49. The van der Waals surface area contributed by atoms with Crippen LogP contribution in [0.1, 0.15) is 11.4 Å². The molecule has 0 bridgehead atoms. The van der Waals surface area contributed by atoms with Crippen LogP contribution in [0.25, 0.3) is 0 Å². The van der Waals surface area contributed by atoms with Crippen LogP contribution < -0.4 is 4.72 Å². The average molecular weight is 335 g/mol. The van der Waals surface area contributed by atoms with Crippen LogP contribution in [0.15, 0.2) is 9.63 Å². The Hall–Kier alpha value is -1.42. The maximum atomic E-state index is 12.2. The van der Waals surface area contributed by atoms with Crippen molar-refractivity contribution in [2.45, 2.75) is 18.9 Å². The molecule has 2 N–H and O–H groups in total. The summed E-state index contributed by atoms with van der Waals surface area (Å²) < 4.78 is 28.3. The third kappa shape index (κ3) is 2.12. The smallest absolute Gasteiger partial charge is 0.280 e. The highest BCUT2D eigenvalue weighted by molar-refractivity contribution is 9.10. The summed E-state index contributed by atoms with van der Waals surface area (Å²) in [7, 11) is -2.26. The van der Waals surface area contributed by atoms with Crippen LogP contribution in [-0.4, -0.2) is 33.6 Å². The Morgan fingerprint density at radius 3 is 2.50 bits per heavy atom. The normalized spacial score (nSPS) is 11.8. The molecule has 10 heteroatoms. The number of nitrogens with zero attached hydrogens (tertiary/aromatic N) is 4. The van der Waals surface area contributed by atoms with Crippen molar-refractivity contribution in [3.05, 3.63) is 16.0 Å². The lowest BCUT2D eigenvalue weighted by Gasteiger charge is -2.07. The van der Waals surface area contributed by atoms with E-state index in [9.17, 15) is 8.42 Å². The number of hydrogen-bond acceptors (Lipinski definition) is 5. The number of H-pyrrole nitrogens is 1. The first-order valence-corrected chi connectivity index (χ1v) is 7.20. The standard InChI is InChI=1S/C8H11BrN6O2S/c1-4-6(5(2)11-10-4)13-18(16,17)8-7(9)12-14-15(8)3/h13H,1-3H3,(H,10,11). The van der Waals surface area contributed by atoms with Gasteiger partial charge in [0, 0.05) is 7.05 Å². The first-order valence-electron chi connectivity index (χ1n) is 4.92. The molecule has 0 spiro atoms. The number of aromatic nitrogens is 5. The molecule has 2 heterocycles. The molecule has 0 radical (unpaired) electrons. The zero-order valence-electron chi connectivity index (χ0n) is 9.89. The molecule has 0 saturated heterocycles. The van der Waals surface area contributed by atoms with Crippen LogP contribution in [0.5, 0.6) is 0 Å². The van der Waals surface area contributed by atoms with Crippen LogP contribution in [0.3, 0.4) is 0 Å². The average Bonchev–Trinajstić information content (AvgIpc) is 2.76. The van der Waals surface area contributed by atoms with Gasteiger partial charge in [-0.2, -0.15) is 13.5 Å². The highest BCUT2D eigenvalue weighted by Gasteiger charge is 2.25. The number of anilines is 1. The van der Waals surface area contributed by atoms with Crippen molar-refractivity contribution >= 4 is 31.6 Å². The molecule has 8 nitrogen and oxygen atoms in total. The molecule has 0 saturated carbocycles. The zero-order valence-corrected chi connectivity index (χ0v) is 12.3. The van der Waals surface area contributed by atoms with Gasteiger partial charge in [0.15, 0.2) is 4.60 Å². The van der Waals surface area contributed by atoms with Gasteiger partial charge in [-0.25, -0.2) is 4.68 Å². The molecule has 2 aromatic heterocycles. The van der Waals surface area contributed by atoms with E-state index in [1.54, 1.807) is 13.8 Å². The molecule has 0 amide bonds. The number of aromatic amines is 1. The van der Waals surface area contributed by atoms with Gasteiger partial charge in [-0.1, -0.05) is 5.21 Å².